The molecule has 0 fully saturated rings. The van der Waals surface area contributed by atoms with Crippen molar-refractivity contribution >= 4 is 5.91 Å². The molecule has 0 heterocycles. The lowest BCUT2D eigenvalue weighted by Crippen LogP contribution is -2.49. The topological polar surface area (TPSA) is 41.6 Å². The first-order valence-corrected chi connectivity index (χ1v) is 7.46. The average molecular weight is 272 g/mol. The highest BCUT2D eigenvalue weighted by Gasteiger charge is 2.24. The van der Waals surface area contributed by atoms with Crippen LogP contribution in [0.1, 0.15) is 47.0 Å². The van der Waals surface area contributed by atoms with Crippen molar-refractivity contribution in [3.8, 4) is 0 Å². The summed E-state index contributed by atoms with van der Waals surface area (Å²) in [6.07, 6.45) is 2.84. The Kier molecular flexibility index (Phi) is 9.88. The van der Waals surface area contributed by atoms with Crippen LogP contribution in [0.15, 0.2) is 0 Å². The van der Waals surface area contributed by atoms with Gasteiger partial charge in [0.2, 0.25) is 5.91 Å². The zero-order valence-electron chi connectivity index (χ0n) is 13.5. The van der Waals surface area contributed by atoms with Gasteiger partial charge < -0.3 is 15.0 Å². The summed E-state index contributed by atoms with van der Waals surface area (Å²) in [6, 6.07) is 0.0908. The summed E-state index contributed by atoms with van der Waals surface area (Å²) in [5.74, 6) is 0.838. The molecule has 1 amide bonds. The van der Waals surface area contributed by atoms with Gasteiger partial charge >= 0.3 is 0 Å². The fourth-order valence-corrected chi connectivity index (χ4v) is 2.07. The predicted octanol–water partition coefficient (Wildman–Crippen LogP) is 2.28. The number of likely N-dealkylation sites (N-methyl/N-ethyl adjacent to an activating group) is 1. The number of carbonyl (C=O) groups is 1. The fourth-order valence-electron chi connectivity index (χ4n) is 2.07. The van der Waals surface area contributed by atoms with Crippen LogP contribution in [0.3, 0.4) is 0 Å². The molecule has 4 nitrogen and oxygen atoms in total. The highest BCUT2D eigenvalue weighted by Crippen LogP contribution is 2.07. The van der Waals surface area contributed by atoms with Crippen LogP contribution in [0.25, 0.3) is 0 Å². The van der Waals surface area contributed by atoms with E-state index >= 15 is 0 Å². The Hall–Kier alpha value is -0.610. The summed E-state index contributed by atoms with van der Waals surface area (Å²) >= 11 is 0. The van der Waals surface area contributed by atoms with E-state index in [-0.39, 0.29) is 18.0 Å². The molecule has 19 heavy (non-hydrogen) atoms. The van der Waals surface area contributed by atoms with E-state index in [1.807, 2.05) is 11.9 Å². The summed E-state index contributed by atoms with van der Waals surface area (Å²) < 4.78 is 5.18. The molecule has 0 aliphatic rings. The highest BCUT2D eigenvalue weighted by molar-refractivity contribution is 5.81. The third kappa shape index (κ3) is 6.92. The molecule has 0 saturated carbocycles. The van der Waals surface area contributed by atoms with Gasteiger partial charge in [-0.05, 0) is 31.7 Å². The Morgan fingerprint density at radius 3 is 2.32 bits per heavy atom. The van der Waals surface area contributed by atoms with Gasteiger partial charge in [-0.2, -0.15) is 0 Å². The van der Waals surface area contributed by atoms with Gasteiger partial charge in [0.05, 0.1) is 18.7 Å². The SMILES string of the molecule is CC[C@@H](COC)N(C)C(=O)[C@H](CC)NCCC(C)C. The molecule has 0 radical (unpaired) electrons. The standard InChI is InChI=1S/C15H32N2O2/c1-7-13(11-19-6)17(5)15(18)14(8-2)16-10-9-12(3)4/h12-14,16H,7-11H2,1-6H3/t13-,14-/m0/s1. The molecule has 1 N–H and O–H groups in total. The molecule has 0 unspecified atom stereocenters. The molecule has 0 aromatic rings. The van der Waals surface area contributed by atoms with E-state index < -0.39 is 0 Å². The van der Waals surface area contributed by atoms with E-state index in [2.05, 4.69) is 33.0 Å². The summed E-state index contributed by atoms with van der Waals surface area (Å²) in [7, 11) is 3.56. The van der Waals surface area contributed by atoms with Crippen LogP contribution in [0.2, 0.25) is 0 Å². The highest BCUT2D eigenvalue weighted by atomic mass is 16.5. The number of nitrogens with zero attached hydrogens (tertiary/aromatic N) is 1. The zero-order chi connectivity index (χ0) is 14.8. The van der Waals surface area contributed by atoms with Crippen molar-refractivity contribution in [1.82, 2.24) is 10.2 Å². The zero-order valence-corrected chi connectivity index (χ0v) is 13.5. The quantitative estimate of drug-likeness (QED) is 0.663. The van der Waals surface area contributed by atoms with Gasteiger partial charge in [0.1, 0.15) is 0 Å². The van der Waals surface area contributed by atoms with Crippen molar-refractivity contribution in [3.05, 3.63) is 0 Å². The van der Waals surface area contributed by atoms with Crippen LogP contribution < -0.4 is 5.32 Å². The fraction of sp³-hybridized carbons (Fsp3) is 0.933. The Morgan fingerprint density at radius 2 is 1.89 bits per heavy atom. The molecular weight excluding hydrogens is 240 g/mol. The van der Waals surface area contributed by atoms with E-state index in [1.165, 1.54) is 0 Å². The van der Waals surface area contributed by atoms with Gasteiger partial charge in [0.15, 0.2) is 0 Å². The molecule has 0 saturated heterocycles. The van der Waals surface area contributed by atoms with E-state index in [4.69, 9.17) is 4.74 Å². The number of hydrogen-bond acceptors (Lipinski definition) is 3. The maximum absolute atomic E-state index is 12.4. The molecule has 0 aliphatic heterocycles. The van der Waals surface area contributed by atoms with Gasteiger partial charge in [-0.1, -0.05) is 27.7 Å². The maximum Gasteiger partial charge on any atom is 0.239 e. The van der Waals surface area contributed by atoms with Crippen LogP contribution in [0, 0.1) is 5.92 Å². The Morgan fingerprint density at radius 1 is 1.26 bits per heavy atom. The van der Waals surface area contributed by atoms with E-state index in [0.717, 1.165) is 25.8 Å². The van der Waals surface area contributed by atoms with Crippen molar-refractivity contribution in [1.29, 1.82) is 0 Å². The van der Waals surface area contributed by atoms with Gasteiger partial charge in [-0.3, -0.25) is 4.79 Å². The largest absolute Gasteiger partial charge is 0.383 e. The van der Waals surface area contributed by atoms with Crippen LogP contribution >= 0.6 is 0 Å². The molecule has 0 rings (SSSR count). The van der Waals surface area contributed by atoms with Crippen molar-refractivity contribution in [2.24, 2.45) is 5.92 Å². The first kappa shape index (κ1) is 18.4. The number of hydrogen-bond donors (Lipinski definition) is 1. The normalized spacial score (nSPS) is 14.5. The van der Waals surface area contributed by atoms with E-state index in [1.54, 1.807) is 7.11 Å². The number of amides is 1. The lowest BCUT2D eigenvalue weighted by atomic mass is 10.1. The van der Waals surface area contributed by atoms with Crippen molar-refractivity contribution in [2.75, 3.05) is 27.3 Å². The lowest BCUT2D eigenvalue weighted by Gasteiger charge is -2.30. The summed E-state index contributed by atoms with van der Waals surface area (Å²) in [5.41, 5.74) is 0. The molecule has 114 valence electrons. The van der Waals surface area contributed by atoms with Crippen molar-refractivity contribution < 1.29 is 9.53 Å². The van der Waals surface area contributed by atoms with Gasteiger partial charge in [0.25, 0.3) is 0 Å². The number of rotatable bonds is 10. The Balaban J connectivity index is 4.38. The average Bonchev–Trinajstić information content (AvgIpc) is 2.39. The summed E-state index contributed by atoms with van der Waals surface area (Å²) in [6.45, 7) is 10.0. The van der Waals surface area contributed by atoms with E-state index in [9.17, 15) is 4.79 Å². The summed E-state index contributed by atoms with van der Waals surface area (Å²) in [4.78, 5) is 14.3. The van der Waals surface area contributed by atoms with Crippen LogP contribution in [0.4, 0.5) is 0 Å². The number of nitrogens with one attached hydrogen (secondary N) is 1. The number of ether oxygens (including phenoxy) is 1. The molecule has 0 aromatic carbocycles. The minimum Gasteiger partial charge on any atom is -0.383 e. The molecule has 4 heteroatoms. The third-order valence-electron chi connectivity index (χ3n) is 3.54. The van der Waals surface area contributed by atoms with Crippen LogP contribution in [0.5, 0.6) is 0 Å². The summed E-state index contributed by atoms with van der Waals surface area (Å²) in [5, 5.41) is 3.37. The Bertz CT molecular complexity index is 244. The molecule has 0 aromatic heterocycles. The van der Waals surface area contributed by atoms with Crippen molar-refractivity contribution in [3.63, 3.8) is 0 Å². The maximum atomic E-state index is 12.4. The number of methoxy groups -OCH3 is 1. The van der Waals surface area contributed by atoms with Gasteiger partial charge in [-0.15, -0.1) is 0 Å². The van der Waals surface area contributed by atoms with Crippen LogP contribution in [-0.2, 0) is 9.53 Å². The second-order valence-electron chi connectivity index (χ2n) is 5.56. The molecule has 0 bridgehead atoms. The molecule has 2 atom stereocenters. The Labute approximate surface area is 118 Å². The minimum atomic E-state index is -0.0744. The van der Waals surface area contributed by atoms with Gasteiger partial charge in [0, 0.05) is 14.2 Å². The molecule has 0 aliphatic carbocycles. The minimum absolute atomic E-state index is 0.0744. The first-order valence-electron chi connectivity index (χ1n) is 7.46. The van der Waals surface area contributed by atoms with E-state index in [0.29, 0.717) is 12.5 Å². The first-order chi connectivity index (χ1) is 8.97. The smallest absolute Gasteiger partial charge is 0.239 e. The molecule has 0 spiro atoms. The predicted molar refractivity (Wildman–Crippen MR) is 80.3 cm³/mol. The lowest BCUT2D eigenvalue weighted by molar-refractivity contribution is -0.135. The third-order valence-corrected chi connectivity index (χ3v) is 3.54. The molecular formula is C15H32N2O2. The van der Waals surface area contributed by atoms with Crippen LogP contribution in [-0.4, -0.2) is 50.2 Å². The monoisotopic (exact) mass is 272 g/mol. The number of carbonyl (C=O) groups excluding carboxylic acids is 1. The van der Waals surface area contributed by atoms with Crippen molar-refractivity contribution in [2.45, 2.75) is 59.0 Å². The second-order valence-corrected chi connectivity index (χ2v) is 5.56. The second kappa shape index (κ2) is 10.2. The van der Waals surface area contributed by atoms with Gasteiger partial charge in [-0.25, -0.2) is 0 Å².